The van der Waals surface area contributed by atoms with E-state index in [2.05, 4.69) is 0 Å². The number of carbonyl (C=O) groups excluding carboxylic acids is 1. The average molecular weight is 374 g/mol. The molecule has 0 bridgehead atoms. The molecule has 0 aliphatic carbocycles. The highest BCUT2D eigenvalue weighted by Crippen LogP contribution is 2.46. The predicted molar refractivity (Wildman–Crippen MR) is 76.0 cm³/mol. The summed E-state index contributed by atoms with van der Waals surface area (Å²) >= 11 is 12.7. The van der Waals surface area contributed by atoms with E-state index < -0.39 is 29.5 Å². The number of hydrogen-bond donors (Lipinski definition) is 1. The van der Waals surface area contributed by atoms with Gasteiger partial charge in [0, 0.05) is 11.3 Å². The van der Waals surface area contributed by atoms with Crippen LogP contribution < -0.4 is 0 Å². The van der Waals surface area contributed by atoms with Crippen molar-refractivity contribution in [1.29, 1.82) is 0 Å². The van der Waals surface area contributed by atoms with E-state index in [9.17, 15) is 22.8 Å². The van der Waals surface area contributed by atoms with Gasteiger partial charge in [0.05, 0.1) is 10.0 Å². The summed E-state index contributed by atoms with van der Waals surface area (Å²) in [6.07, 6.45) is -5.18. The Morgan fingerprint density at radius 3 is 2.50 bits per heavy atom. The maximum atomic E-state index is 12.8. The Morgan fingerprint density at radius 2 is 1.95 bits per heavy atom. The summed E-state index contributed by atoms with van der Waals surface area (Å²) in [7, 11) is 0. The number of aliphatic carboxylic acids is 1. The fraction of sp³-hybridized carbons (Fsp3) is 0.333. The fourth-order valence-electron chi connectivity index (χ4n) is 2.04. The number of nitrogens with zero attached hydrogens (tertiary/aromatic N) is 1. The molecular formula is C12H8Cl2F3NO3S. The van der Waals surface area contributed by atoms with Gasteiger partial charge in [-0.2, -0.15) is 13.2 Å². The summed E-state index contributed by atoms with van der Waals surface area (Å²) < 4.78 is 38.3. The van der Waals surface area contributed by atoms with Crippen LogP contribution in [0, 0.1) is 0 Å². The molecule has 1 unspecified atom stereocenters. The Hall–Kier alpha value is -1.12. The third kappa shape index (κ3) is 3.13. The van der Waals surface area contributed by atoms with Crippen LogP contribution in [0.1, 0.15) is 10.9 Å². The van der Waals surface area contributed by atoms with E-state index in [1.165, 1.54) is 18.2 Å². The van der Waals surface area contributed by atoms with Crippen molar-refractivity contribution in [2.75, 3.05) is 5.75 Å². The highest BCUT2D eigenvalue weighted by atomic mass is 35.5. The molecule has 0 spiro atoms. The van der Waals surface area contributed by atoms with E-state index in [1.807, 2.05) is 0 Å². The molecule has 1 fully saturated rings. The van der Waals surface area contributed by atoms with Crippen molar-refractivity contribution in [2.24, 2.45) is 0 Å². The van der Waals surface area contributed by atoms with Crippen molar-refractivity contribution in [3.63, 3.8) is 0 Å². The molecule has 0 radical (unpaired) electrons. The van der Waals surface area contributed by atoms with Crippen LogP contribution in [0.2, 0.25) is 10.0 Å². The Bertz CT molecular complexity index is 626. The van der Waals surface area contributed by atoms with E-state index in [-0.39, 0.29) is 21.4 Å². The first-order valence-electron chi connectivity index (χ1n) is 5.82. The Balaban J connectivity index is 2.48. The van der Waals surface area contributed by atoms with Crippen LogP contribution in [-0.2, 0) is 9.59 Å². The third-order valence-electron chi connectivity index (χ3n) is 3.01. The van der Waals surface area contributed by atoms with Crippen LogP contribution in [0.3, 0.4) is 0 Å². The third-order valence-corrected chi connectivity index (χ3v) is 5.15. The van der Waals surface area contributed by atoms with Crippen molar-refractivity contribution in [2.45, 2.75) is 17.6 Å². The molecule has 1 aliphatic rings. The number of thioether (sulfide) groups is 1. The van der Waals surface area contributed by atoms with Gasteiger partial charge in [0.1, 0.15) is 11.4 Å². The van der Waals surface area contributed by atoms with Gasteiger partial charge in [0.2, 0.25) is 0 Å². The summed E-state index contributed by atoms with van der Waals surface area (Å²) in [5, 5.41) is 7.99. The summed E-state index contributed by atoms with van der Waals surface area (Å²) in [6, 6.07) is 2.73. The molecule has 1 aromatic carbocycles. The second-order valence-electron chi connectivity index (χ2n) is 4.39. The molecule has 0 aromatic heterocycles. The first-order chi connectivity index (χ1) is 10.1. The van der Waals surface area contributed by atoms with Crippen molar-refractivity contribution >= 4 is 46.8 Å². The molecule has 22 heavy (non-hydrogen) atoms. The number of benzene rings is 1. The van der Waals surface area contributed by atoms with Gasteiger partial charge < -0.3 is 10.0 Å². The smallest absolute Gasteiger partial charge is 0.471 e. The van der Waals surface area contributed by atoms with Gasteiger partial charge in [-0.05, 0) is 6.07 Å². The van der Waals surface area contributed by atoms with E-state index in [0.29, 0.717) is 4.90 Å². The van der Waals surface area contributed by atoms with Crippen molar-refractivity contribution in [3.05, 3.63) is 33.8 Å². The lowest BCUT2D eigenvalue weighted by Gasteiger charge is -2.28. The molecule has 10 heteroatoms. The zero-order chi connectivity index (χ0) is 16.7. The van der Waals surface area contributed by atoms with Gasteiger partial charge in [0.15, 0.2) is 0 Å². The molecule has 4 nitrogen and oxygen atoms in total. The number of carboxylic acid groups (broad SMARTS) is 1. The maximum Gasteiger partial charge on any atom is 0.471 e. The van der Waals surface area contributed by atoms with Crippen LogP contribution in [0.4, 0.5) is 13.2 Å². The lowest BCUT2D eigenvalue weighted by molar-refractivity contribution is -0.189. The van der Waals surface area contributed by atoms with Crippen LogP contribution in [0.25, 0.3) is 0 Å². The molecule has 2 atom stereocenters. The summed E-state index contributed by atoms with van der Waals surface area (Å²) in [4.78, 5) is 23.0. The second-order valence-corrected chi connectivity index (χ2v) is 6.29. The minimum absolute atomic E-state index is 0.00678. The van der Waals surface area contributed by atoms with Gasteiger partial charge >= 0.3 is 18.1 Å². The first kappa shape index (κ1) is 17.2. The highest BCUT2D eigenvalue weighted by molar-refractivity contribution is 7.99. The van der Waals surface area contributed by atoms with E-state index in [0.717, 1.165) is 11.8 Å². The minimum Gasteiger partial charge on any atom is -0.480 e. The average Bonchev–Trinajstić information content (AvgIpc) is 2.84. The van der Waals surface area contributed by atoms with Crippen LogP contribution in [0.15, 0.2) is 18.2 Å². The molecule has 1 N–H and O–H groups in total. The zero-order valence-electron chi connectivity index (χ0n) is 10.6. The minimum atomic E-state index is -5.18. The molecule has 1 aliphatic heterocycles. The zero-order valence-corrected chi connectivity index (χ0v) is 12.9. The van der Waals surface area contributed by atoms with Crippen LogP contribution in [-0.4, -0.2) is 39.9 Å². The van der Waals surface area contributed by atoms with Gasteiger partial charge in [-0.1, -0.05) is 35.3 Å². The van der Waals surface area contributed by atoms with Gasteiger partial charge in [-0.25, -0.2) is 4.79 Å². The molecule has 1 amide bonds. The number of halogens is 5. The van der Waals surface area contributed by atoms with Gasteiger partial charge in [0.25, 0.3) is 0 Å². The van der Waals surface area contributed by atoms with Crippen molar-refractivity contribution < 1.29 is 27.9 Å². The first-order valence-corrected chi connectivity index (χ1v) is 7.63. The van der Waals surface area contributed by atoms with Gasteiger partial charge in [-0.3, -0.25) is 4.79 Å². The Kier molecular flexibility index (Phi) is 4.84. The molecule has 1 saturated heterocycles. The Labute approximate surface area is 137 Å². The number of carbonyl (C=O) groups is 2. The fourth-order valence-corrected chi connectivity index (χ4v) is 3.96. The normalized spacial score (nSPS) is 22.0. The van der Waals surface area contributed by atoms with Crippen LogP contribution in [0.5, 0.6) is 0 Å². The topological polar surface area (TPSA) is 57.6 Å². The van der Waals surface area contributed by atoms with E-state index in [4.69, 9.17) is 28.3 Å². The number of rotatable bonds is 2. The number of amides is 1. The largest absolute Gasteiger partial charge is 0.480 e. The van der Waals surface area contributed by atoms with Crippen LogP contribution >= 0.6 is 35.0 Å². The van der Waals surface area contributed by atoms with Crippen molar-refractivity contribution in [1.82, 2.24) is 4.90 Å². The predicted octanol–water partition coefficient (Wildman–Crippen LogP) is 3.58. The van der Waals surface area contributed by atoms with Crippen molar-refractivity contribution in [3.8, 4) is 0 Å². The summed E-state index contributed by atoms with van der Waals surface area (Å²) in [5.41, 5.74) is 0.167. The highest BCUT2D eigenvalue weighted by Gasteiger charge is 2.52. The lowest BCUT2D eigenvalue weighted by Crippen LogP contribution is -2.48. The SMILES string of the molecule is O=C(O)[C@@H]1CSC(c2cccc(Cl)c2Cl)N1C(=O)C(F)(F)F. The Morgan fingerprint density at radius 1 is 1.32 bits per heavy atom. The second kappa shape index (κ2) is 6.17. The quantitative estimate of drug-likeness (QED) is 0.860. The monoisotopic (exact) mass is 373 g/mol. The number of hydrogen-bond acceptors (Lipinski definition) is 3. The lowest BCUT2D eigenvalue weighted by atomic mass is 10.1. The summed E-state index contributed by atoms with van der Waals surface area (Å²) in [6.45, 7) is 0. The molecule has 2 rings (SSSR count). The molecular weight excluding hydrogens is 366 g/mol. The number of carboxylic acids is 1. The van der Waals surface area contributed by atoms with E-state index >= 15 is 0 Å². The molecule has 1 aromatic rings. The molecule has 120 valence electrons. The maximum absolute atomic E-state index is 12.8. The molecule has 0 saturated carbocycles. The van der Waals surface area contributed by atoms with Gasteiger partial charge in [-0.15, -0.1) is 11.8 Å². The molecule has 1 heterocycles. The summed E-state index contributed by atoms with van der Waals surface area (Å²) in [5.74, 6) is -3.90. The van der Waals surface area contributed by atoms with E-state index in [1.54, 1.807) is 0 Å². The standard InChI is InChI=1S/C12H8Cl2F3NO3S/c13-6-3-1-2-5(8(6)14)9-18(11(21)12(15,16)17)7(4-22-9)10(19)20/h1-3,7,9H,4H2,(H,19,20)/t7-,9?/m0/s1. The number of alkyl halides is 3.